The normalized spacial score (nSPS) is 14.1. The van der Waals surface area contributed by atoms with Gasteiger partial charge in [0.25, 0.3) is 0 Å². The van der Waals surface area contributed by atoms with Crippen LogP contribution in [0.15, 0.2) is 60.4 Å². The molecule has 7 rings (SSSR count). The second-order valence-electron chi connectivity index (χ2n) is 9.22. The SMILES string of the molecule is O=C(Nc1cncc(-c2ccc3[nH]nc(-c4nc5c(-c6cccs6)ccnc5[nH]4)c3n2)c1)C1CCCC1. The number of hydrogen-bond acceptors (Lipinski definition) is 7. The van der Waals surface area contributed by atoms with Gasteiger partial charge in [-0.3, -0.25) is 14.9 Å². The van der Waals surface area contributed by atoms with Crippen molar-refractivity contribution in [2.75, 3.05) is 5.32 Å². The van der Waals surface area contributed by atoms with Crippen molar-refractivity contribution in [1.29, 1.82) is 0 Å². The van der Waals surface area contributed by atoms with Gasteiger partial charge in [-0.2, -0.15) is 5.10 Å². The quantitative estimate of drug-likeness (QED) is 0.271. The monoisotopic (exact) mass is 506 g/mol. The number of nitrogens with one attached hydrogen (secondary N) is 3. The molecule has 1 amide bonds. The lowest BCUT2D eigenvalue weighted by atomic mass is 10.1. The Labute approximate surface area is 215 Å². The van der Waals surface area contributed by atoms with Crippen molar-refractivity contribution in [1.82, 2.24) is 35.1 Å². The Bertz CT molecular complexity index is 1750. The average molecular weight is 507 g/mol. The molecule has 6 aromatic heterocycles. The zero-order valence-electron chi connectivity index (χ0n) is 19.7. The maximum Gasteiger partial charge on any atom is 0.227 e. The number of H-pyrrole nitrogens is 2. The van der Waals surface area contributed by atoms with Gasteiger partial charge < -0.3 is 10.3 Å². The number of aromatic nitrogens is 7. The van der Waals surface area contributed by atoms with E-state index in [1.807, 2.05) is 35.7 Å². The summed E-state index contributed by atoms with van der Waals surface area (Å²) >= 11 is 1.66. The van der Waals surface area contributed by atoms with Gasteiger partial charge in [0.15, 0.2) is 17.2 Å². The van der Waals surface area contributed by atoms with Crippen molar-refractivity contribution in [2.45, 2.75) is 25.7 Å². The molecule has 182 valence electrons. The standard InChI is InChI=1S/C27H22N8OS/c36-27(15-4-1-2-5-15)30-17-12-16(13-28-14-17)19-7-8-20-23(31-19)24(35-34-20)26-32-22-18(21-6-3-11-37-21)9-10-29-25(22)33-26/h3,6-15H,1-2,4-5H2,(H,30,36)(H,34,35)(H,29,32,33). The molecular formula is C27H22N8OS. The van der Waals surface area contributed by atoms with Crippen molar-refractivity contribution < 1.29 is 4.79 Å². The summed E-state index contributed by atoms with van der Waals surface area (Å²) in [7, 11) is 0. The lowest BCUT2D eigenvalue weighted by Gasteiger charge is -2.11. The predicted molar refractivity (Wildman–Crippen MR) is 144 cm³/mol. The van der Waals surface area contributed by atoms with Gasteiger partial charge in [0, 0.05) is 34.3 Å². The molecule has 0 unspecified atom stereocenters. The molecule has 6 heterocycles. The number of carbonyl (C=O) groups is 1. The van der Waals surface area contributed by atoms with Gasteiger partial charge >= 0.3 is 0 Å². The summed E-state index contributed by atoms with van der Waals surface area (Å²) in [5.41, 5.74) is 6.83. The van der Waals surface area contributed by atoms with E-state index in [1.165, 1.54) is 0 Å². The Hall–Kier alpha value is -4.44. The van der Waals surface area contributed by atoms with Crippen LogP contribution in [0, 0.1) is 5.92 Å². The van der Waals surface area contributed by atoms with Crippen LogP contribution in [0.2, 0.25) is 0 Å². The van der Waals surface area contributed by atoms with E-state index in [-0.39, 0.29) is 11.8 Å². The topological polar surface area (TPSA) is 125 Å². The van der Waals surface area contributed by atoms with Crippen LogP contribution >= 0.6 is 11.3 Å². The van der Waals surface area contributed by atoms with E-state index in [9.17, 15) is 4.79 Å². The molecule has 0 aliphatic heterocycles. The lowest BCUT2D eigenvalue weighted by molar-refractivity contribution is -0.119. The summed E-state index contributed by atoms with van der Waals surface area (Å²) in [6.07, 6.45) is 9.33. The van der Waals surface area contributed by atoms with Gasteiger partial charge in [-0.05, 0) is 48.6 Å². The fraction of sp³-hybridized carbons (Fsp3) is 0.185. The fourth-order valence-corrected chi connectivity index (χ4v) is 5.71. The molecule has 0 radical (unpaired) electrons. The Morgan fingerprint density at radius 3 is 2.84 bits per heavy atom. The first-order valence-corrected chi connectivity index (χ1v) is 13.1. The zero-order valence-corrected chi connectivity index (χ0v) is 20.5. The van der Waals surface area contributed by atoms with E-state index < -0.39 is 0 Å². The molecule has 10 heteroatoms. The maximum atomic E-state index is 12.6. The van der Waals surface area contributed by atoms with Crippen molar-refractivity contribution in [3.63, 3.8) is 0 Å². The minimum atomic E-state index is 0.0670. The number of rotatable bonds is 5. The fourth-order valence-electron chi connectivity index (χ4n) is 4.96. The Kier molecular flexibility index (Phi) is 5.24. The molecule has 1 saturated carbocycles. The van der Waals surface area contributed by atoms with Crippen LogP contribution in [0.25, 0.3) is 55.4 Å². The summed E-state index contributed by atoms with van der Waals surface area (Å²) in [6, 6.07) is 11.8. The van der Waals surface area contributed by atoms with Crippen molar-refractivity contribution in [3.05, 3.63) is 60.4 Å². The second-order valence-corrected chi connectivity index (χ2v) is 10.2. The highest BCUT2D eigenvalue weighted by atomic mass is 32.1. The van der Waals surface area contributed by atoms with E-state index >= 15 is 0 Å². The molecule has 3 N–H and O–H groups in total. The molecule has 0 aromatic carbocycles. The van der Waals surface area contributed by atoms with E-state index in [0.29, 0.717) is 28.4 Å². The van der Waals surface area contributed by atoms with E-state index in [2.05, 4.69) is 36.5 Å². The van der Waals surface area contributed by atoms with Gasteiger partial charge in [0.1, 0.15) is 11.0 Å². The number of aromatic amines is 2. The summed E-state index contributed by atoms with van der Waals surface area (Å²) < 4.78 is 0. The maximum absolute atomic E-state index is 12.6. The van der Waals surface area contributed by atoms with Crippen molar-refractivity contribution in [3.8, 4) is 33.2 Å². The zero-order chi connectivity index (χ0) is 24.8. The van der Waals surface area contributed by atoms with Crippen LogP contribution in [0.4, 0.5) is 5.69 Å². The summed E-state index contributed by atoms with van der Waals surface area (Å²) in [5, 5.41) is 12.6. The highest BCUT2D eigenvalue weighted by molar-refractivity contribution is 7.13. The van der Waals surface area contributed by atoms with Gasteiger partial charge in [-0.1, -0.05) is 18.9 Å². The Morgan fingerprint density at radius 1 is 1.05 bits per heavy atom. The molecule has 1 aliphatic rings. The first-order chi connectivity index (χ1) is 18.2. The smallest absolute Gasteiger partial charge is 0.227 e. The van der Waals surface area contributed by atoms with Crippen LogP contribution < -0.4 is 5.32 Å². The molecule has 1 fully saturated rings. The van der Waals surface area contributed by atoms with Crippen LogP contribution in [-0.2, 0) is 4.79 Å². The number of thiophene rings is 1. The summed E-state index contributed by atoms with van der Waals surface area (Å²) in [4.78, 5) is 35.6. The Morgan fingerprint density at radius 2 is 1.97 bits per heavy atom. The summed E-state index contributed by atoms with van der Waals surface area (Å²) in [6.45, 7) is 0. The average Bonchev–Trinajstić information content (AvgIpc) is 3.74. The molecule has 1 aliphatic carbocycles. The van der Waals surface area contributed by atoms with Crippen molar-refractivity contribution in [2.24, 2.45) is 5.92 Å². The molecule has 0 saturated heterocycles. The van der Waals surface area contributed by atoms with Gasteiger partial charge in [-0.15, -0.1) is 11.3 Å². The number of nitrogens with zero attached hydrogens (tertiary/aromatic N) is 5. The largest absolute Gasteiger partial charge is 0.324 e. The molecule has 0 spiro atoms. The minimum Gasteiger partial charge on any atom is -0.324 e. The highest BCUT2D eigenvalue weighted by Crippen LogP contribution is 2.33. The molecule has 6 aromatic rings. The number of hydrogen-bond donors (Lipinski definition) is 3. The minimum absolute atomic E-state index is 0.0670. The second kappa shape index (κ2) is 8.90. The predicted octanol–water partition coefficient (Wildman–Crippen LogP) is 5.82. The molecule has 0 bridgehead atoms. The number of carbonyl (C=O) groups excluding carboxylic acids is 1. The van der Waals surface area contributed by atoms with Crippen molar-refractivity contribution >= 4 is 45.1 Å². The number of amides is 1. The molecule has 37 heavy (non-hydrogen) atoms. The third-order valence-electron chi connectivity index (χ3n) is 6.83. The van der Waals surface area contributed by atoms with Crippen LogP contribution in [0.5, 0.6) is 0 Å². The van der Waals surface area contributed by atoms with E-state index in [4.69, 9.17) is 9.97 Å². The summed E-state index contributed by atoms with van der Waals surface area (Å²) in [5.74, 6) is 0.751. The molecule has 0 atom stereocenters. The number of pyridine rings is 3. The van der Waals surface area contributed by atoms with Crippen LogP contribution in [0.3, 0.4) is 0 Å². The van der Waals surface area contributed by atoms with E-state index in [0.717, 1.165) is 58.4 Å². The first kappa shape index (κ1) is 21.8. The van der Waals surface area contributed by atoms with Gasteiger partial charge in [-0.25, -0.2) is 15.0 Å². The number of imidazole rings is 1. The van der Waals surface area contributed by atoms with E-state index in [1.54, 1.807) is 29.9 Å². The van der Waals surface area contributed by atoms with Crippen LogP contribution in [0.1, 0.15) is 25.7 Å². The van der Waals surface area contributed by atoms with Crippen LogP contribution in [-0.4, -0.2) is 41.0 Å². The molecule has 9 nitrogen and oxygen atoms in total. The third-order valence-corrected chi connectivity index (χ3v) is 7.73. The number of fused-ring (bicyclic) bond motifs is 2. The number of anilines is 1. The van der Waals surface area contributed by atoms with Gasteiger partial charge in [0.2, 0.25) is 5.91 Å². The first-order valence-electron chi connectivity index (χ1n) is 12.2. The van der Waals surface area contributed by atoms with Gasteiger partial charge in [0.05, 0.1) is 23.1 Å². The molecular weight excluding hydrogens is 484 g/mol. The lowest BCUT2D eigenvalue weighted by Crippen LogP contribution is -2.20. The third kappa shape index (κ3) is 3.95. The highest BCUT2D eigenvalue weighted by Gasteiger charge is 2.23. The Balaban J connectivity index is 1.25.